The molecule has 4 rings (SSSR count). The van der Waals surface area contributed by atoms with Crippen LogP contribution in [0.25, 0.3) is 11.5 Å². The van der Waals surface area contributed by atoms with Crippen LogP contribution in [-0.2, 0) is 5.75 Å². The van der Waals surface area contributed by atoms with Gasteiger partial charge in [0.05, 0.1) is 0 Å². The van der Waals surface area contributed by atoms with Gasteiger partial charge in [0.25, 0.3) is 11.1 Å². The summed E-state index contributed by atoms with van der Waals surface area (Å²) in [6, 6.07) is 17.5. The van der Waals surface area contributed by atoms with Crippen LogP contribution in [0.1, 0.15) is 28.8 Å². The molecule has 1 aliphatic rings. The average Bonchev–Trinajstić information content (AvgIpc) is 3.39. The summed E-state index contributed by atoms with van der Waals surface area (Å²) >= 11 is 1.49. The normalized spacial score (nSPS) is 13.9. The van der Waals surface area contributed by atoms with E-state index in [1.165, 1.54) is 11.8 Å². The Labute approximate surface area is 156 Å². The molecule has 26 heavy (non-hydrogen) atoms. The molecular formula is C20H19N3O2S. The van der Waals surface area contributed by atoms with E-state index in [4.69, 9.17) is 4.42 Å². The van der Waals surface area contributed by atoms with E-state index in [2.05, 4.69) is 10.2 Å². The third-order valence-electron chi connectivity index (χ3n) is 4.38. The highest BCUT2D eigenvalue weighted by atomic mass is 32.2. The number of thioether (sulfide) groups is 1. The second kappa shape index (κ2) is 7.74. The lowest BCUT2D eigenvalue weighted by atomic mass is 10.1. The molecule has 1 saturated heterocycles. The minimum Gasteiger partial charge on any atom is -0.411 e. The van der Waals surface area contributed by atoms with Gasteiger partial charge in [0, 0.05) is 30.0 Å². The van der Waals surface area contributed by atoms with Gasteiger partial charge in [0.15, 0.2) is 0 Å². The maximum absolute atomic E-state index is 12.4. The fourth-order valence-electron chi connectivity index (χ4n) is 2.96. The molecule has 5 nitrogen and oxygen atoms in total. The summed E-state index contributed by atoms with van der Waals surface area (Å²) in [5, 5.41) is 8.73. The van der Waals surface area contributed by atoms with Crippen molar-refractivity contribution in [3.63, 3.8) is 0 Å². The van der Waals surface area contributed by atoms with Gasteiger partial charge in [-0.25, -0.2) is 0 Å². The predicted octanol–water partition coefficient (Wildman–Crippen LogP) is 4.26. The Kier molecular flexibility index (Phi) is 5.02. The Morgan fingerprint density at radius 1 is 1.00 bits per heavy atom. The van der Waals surface area contributed by atoms with Crippen molar-refractivity contribution in [3.8, 4) is 11.5 Å². The fourth-order valence-corrected chi connectivity index (χ4v) is 3.68. The molecule has 0 spiro atoms. The Hall–Kier alpha value is -2.60. The summed E-state index contributed by atoms with van der Waals surface area (Å²) in [4.78, 5) is 14.3. The molecule has 1 fully saturated rings. The molecule has 0 unspecified atom stereocenters. The highest BCUT2D eigenvalue weighted by Crippen LogP contribution is 2.25. The number of rotatable bonds is 5. The lowest BCUT2D eigenvalue weighted by Gasteiger charge is -2.15. The SMILES string of the molecule is O=C(c1ccc(CSc2nnc(-c3ccccc3)o2)cc1)N1CCCC1. The lowest BCUT2D eigenvalue weighted by molar-refractivity contribution is 0.0793. The zero-order valence-corrected chi connectivity index (χ0v) is 15.1. The maximum Gasteiger partial charge on any atom is 0.277 e. The number of benzene rings is 2. The predicted molar refractivity (Wildman–Crippen MR) is 101 cm³/mol. The second-order valence-electron chi connectivity index (χ2n) is 6.22. The molecule has 0 aliphatic carbocycles. The Balaban J connectivity index is 1.36. The van der Waals surface area contributed by atoms with Crippen molar-refractivity contribution >= 4 is 17.7 Å². The van der Waals surface area contributed by atoms with Gasteiger partial charge in [0.1, 0.15) is 0 Å². The van der Waals surface area contributed by atoms with Gasteiger partial charge in [0.2, 0.25) is 5.89 Å². The van der Waals surface area contributed by atoms with Gasteiger partial charge in [-0.2, -0.15) is 0 Å². The van der Waals surface area contributed by atoms with Crippen molar-refractivity contribution in [1.29, 1.82) is 0 Å². The molecule has 0 atom stereocenters. The van der Waals surface area contributed by atoms with Crippen molar-refractivity contribution in [2.45, 2.75) is 23.8 Å². The van der Waals surface area contributed by atoms with Crippen LogP contribution >= 0.6 is 11.8 Å². The van der Waals surface area contributed by atoms with Crippen LogP contribution < -0.4 is 0 Å². The zero-order chi connectivity index (χ0) is 17.8. The van der Waals surface area contributed by atoms with Crippen molar-refractivity contribution in [3.05, 3.63) is 65.7 Å². The molecule has 1 aromatic heterocycles. The van der Waals surface area contributed by atoms with E-state index in [-0.39, 0.29) is 5.91 Å². The van der Waals surface area contributed by atoms with Crippen LogP contribution in [0.15, 0.2) is 64.2 Å². The van der Waals surface area contributed by atoms with Gasteiger partial charge >= 0.3 is 0 Å². The largest absolute Gasteiger partial charge is 0.411 e. The van der Waals surface area contributed by atoms with Crippen molar-refractivity contribution in [2.24, 2.45) is 0 Å². The van der Waals surface area contributed by atoms with Crippen molar-refractivity contribution in [2.75, 3.05) is 13.1 Å². The first-order valence-corrected chi connectivity index (χ1v) is 9.68. The van der Waals surface area contributed by atoms with Gasteiger partial charge in [-0.15, -0.1) is 10.2 Å². The number of aromatic nitrogens is 2. The van der Waals surface area contributed by atoms with Gasteiger partial charge in [-0.3, -0.25) is 4.79 Å². The summed E-state index contributed by atoms with van der Waals surface area (Å²) in [5.74, 6) is 1.37. The minimum absolute atomic E-state index is 0.131. The van der Waals surface area contributed by atoms with E-state index in [9.17, 15) is 4.79 Å². The average molecular weight is 365 g/mol. The second-order valence-corrected chi connectivity index (χ2v) is 7.15. The topological polar surface area (TPSA) is 59.2 Å². The highest BCUT2D eigenvalue weighted by Gasteiger charge is 2.19. The van der Waals surface area contributed by atoms with Gasteiger partial charge in [-0.1, -0.05) is 42.1 Å². The van der Waals surface area contributed by atoms with Gasteiger partial charge < -0.3 is 9.32 Å². The molecule has 2 heterocycles. The number of carbonyl (C=O) groups excluding carboxylic acids is 1. The van der Waals surface area contributed by atoms with Crippen molar-refractivity contribution < 1.29 is 9.21 Å². The first-order valence-electron chi connectivity index (χ1n) is 8.69. The fraction of sp³-hybridized carbons (Fsp3) is 0.250. The van der Waals surface area contributed by atoms with Crippen molar-refractivity contribution in [1.82, 2.24) is 15.1 Å². The molecule has 0 saturated carbocycles. The highest BCUT2D eigenvalue weighted by molar-refractivity contribution is 7.98. The minimum atomic E-state index is 0.131. The molecule has 0 radical (unpaired) electrons. The Bertz CT molecular complexity index is 872. The van der Waals surface area contributed by atoms with Crippen LogP contribution in [0, 0.1) is 0 Å². The number of hydrogen-bond donors (Lipinski definition) is 0. The molecule has 6 heteroatoms. The monoisotopic (exact) mass is 365 g/mol. The smallest absolute Gasteiger partial charge is 0.277 e. The maximum atomic E-state index is 12.4. The van der Waals surface area contributed by atoms with Crippen LogP contribution in [-0.4, -0.2) is 34.1 Å². The summed E-state index contributed by atoms with van der Waals surface area (Å²) in [6.07, 6.45) is 2.21. The lowest BCUT2D eigenvalue weighted by Crippen LogP contribution is -2.27. The third-order valence-corrected chi connectivity index (χ3v) is 5.27. The van der Waals surface area contributed by atoms with E-state index in [1.54, 1.807) is 0 Å². The first-order chi connectivity index (χ1) is 12.8. The Morgan fingerprint density at radius 2 is 1.73 bits per heavy atom. The summed E-state index contributed by atoms with van der Waals surface area (Å²) in [6.45, 7) is 1.74. The summed E-state index contributed by atoms with van der Waals surface area (Å²) in [5.41, 5.74) is 2.79. The standard InChI is InChI=1S/C20H19N3O2S/c24-19(23-12-4-5-13-23)17-10-8-15(9-11-17)14-26-20-22-21-18(25-20)16-6-2-1-3-7-16/h1-3,6-11H,4-5,12-14H2. The summed E-state index contributed by atoms with van der Waals surface area (Å²) < 4.78 is 5.70. The number of likely N-dealkylation sites (tertiary alicyclic amines) is 1. The number of carbonyl (C=O) groups is 1. The van der Waals surface area contributed by atoms with E-state index >= 15 is 0 Å². The van der Waals surface area contributed by atoms with Crippen LogP contribution in [0.2, 0.25) is 0 Å². The first kappa shape index (κ1) is 16.8. The van der Waals surface area contributed by atoms with Crippen LogP contribution in [0.4, 0.5) is 0 Å². The molecule has 0 N–H and O–H groups in total. The zero-order valence-electron chi connectivity index (χ0n) is 14.3. The quantitative estimate of drug-likeness (QED) is 0.632. The van der Waals surface area contributed by atoms with E-state index in [0.717, 1.165) is 42.6 Å². The molecule has 0 bridgehead atoms. The molecule has 3 aromatic rings. The molecule has 1 amide bonds. The molecule has 2 aromatic carbocycles. The van der Waals surface area contributed by atoms with Gasteiger partial charge in [-0.05, 0) is 42.7 Å². The number of hydrogen-bond acceptors (Lipinski definition) is 5. The number of nitrogens with zero attached hydrogens (tertiary/aromatic N) is 3. The van der Waals surface area contributed by atoms with E-state index in [0.29, 0.717) is 16.9 Å². The molecule has 1 aliphatic heterocycles. The third kappa shape index (κ3) is 3.80. The molecule has 132 valence electrons. The summed E-state index contributed by atoms with van der Waals surface area (Å²) in [7, 11) is 0. The molecular weight excluding hydrogens is 346 g/mol. The Morgan fingerprint density at radius 3 is 2.46 bits per heavy atom. The number of amides is 1. The van der Waals surface area contributed by atoms with Crippen LogP contribution in [0.5, 0.6) is 0 Å². The van der Waals surface area contributed by atoms with E-state index in [1.807, 2.05) is 59.5 Å². The van der Waals surface area contributed by atoms with E-state index < -0.39 is 0 Å². The van der Waals surface area contributed by atoms with Crippen LogP contribution in [0.3, 0.4) is 0 Å².